The maximum atomic E-state index is 12.8. The van der Waals surface area contributed by atoms with Crippen LogP contribution in [0.15, 0.2) is 12.3 Å². The lowest BCUT2D eigenvalue weighted by molar-refractivity contribution is 0.0529. The molecule has 0 bridgehead atoms. The van der Waals surface area contributed by atoms with E-state index in [-0.39, 0.29) is 5.69 Å². The predicted octanol–water partition coefficient (Wildman–Crippen LogP) is 2.07. The fraction of sp³-hybridized carbons (Fsp3) is 0.429. The highest BCUT2D eigenvalue weighted by atomic mass is 19.1. The van der Waals surface area contributed by atoms with E-state index in [2.05, 4.69) is 22.1 Å². The highest BCUT2D eigenvalue weighted by molar-refractivity contribution is 5.67. The Morgan fingerprint density at radius 1 is 1.55 bits per heavy atom. The maximum absolute atomic E-state index is 12.8. The highest BCUT2D eigenvalue weighted by Crippen LogP contribution is 2.08. The van der Waals surface area contributed by atoms with Crippen molar-refractivity contribution in [2.45, 2.75) is 32.8 Å². The van der Waals surface area contributed by atoms with Gasteiger partial charge in [-0.25, -0.2) is 14.2 Å². The molecule has 3 N–H and O–H groups in total. The molecule has 108 valence electrons. The monoisotopic (exact) mass is 279 g/mol. The molecule has 0 aliphatic rings. The van der Waals surface area contributed by atoms with Crippen LogP contribution in [0.3, 0.4) is 0 Å². The number of nitrogens with one attached hydrogen (secondary N) is 1. The molecule has 0 saturated carbocycles. The Morgan fingerprint density at radius 2 is 2.25 bits per heavy atom. The highest BCUT2D eigenvalue weighted by Gasteiger charge is 2.15. The second kappa shape index (κ2) is 6.75. The molecule has 0 fully saturated rings. The first-order valence-electron chi connectivity index (χ1n) is 6.14. The lowest BCUT2D eigenvalue weighted by Gasteiger charge is -2.19. The van der Waals surface area contributed by atoms with Gasteiger partial charge >= 0.3 is 6.09 Å². The summed E-state index contributed by atoms with van der Waals surface area (Å²) < 4.78 is 17.8. The molecule has 1 rings (SSSR count). The summed E-state index contributed by atoms with van der Waals surface area (Å²) >= 11 is 0. The molecule has 0 aliphatic carbocycles. The zero-order valence-corrected chi connectivity index (χ0v) is 11.8. The fourth-order valence-corrected chi connectivity index (χ4v) is 1.25. The average Bonchev–Trinajstić information content (AvgIpc) is 2.28. The number of nitrogen functional groups attached to an aromatic ring is 1. The molecule has 1 amide bonds. The van der Waals surface area contributed by atoms with Gasteiger partial charge in [0.25, 0.3) is 0 Å². The quantitative estimate of drug-likeness (QED) is 0.641. The third kappa shape index (κ3) is 6.05. The number of carbonyl (C=O) groups is 1. The smallest absolute Gasteiger partial charge is 0.407 e. The summed E-state index contributed by atoms with van der Waals surface area (Å²) in [6, 6.07) is 1.16. The molecule has 1 aromatic rings. The van der Waals surface area contributed by atoms with Gasteiger partial charge in [0.1, 0.15) is 17.1 Å². The molecular weight excluding hydrogens is 261 g/mol. The minimum absolute atomic E-state index is 0.192. The number of nitrogens with zero attached hydrogens (tertiary/aromatic N) is 1. The van der Waals surface area contributed by atoms with Crippen LogP contribution in [0.5, 0.6) is 0 Å². The number of halogens is 1. The van der Waals surface area contributed by atoms with Crippen molar-refractivity contribution in [2.24, 2.45) is 0 Å². The van der Waals surface area contributed by atoms with Gasteiger partial charge in [0.05, 0.1) is 11.9 Å². The summed E-state index contributed by atoms with van der Waals surface area (Å²) in [4.78, 5) is 15.1. The summed E-state index contributed by atoms with van der Waals surface area (Å²) in [6.45, 7) is 5.71. The normalized spacial score (nSPS) is 10.4. The van der Waals surface area contributed by atoms with Crippen LogP contribution in [0.25, 0.3) is 0 Å². The lowest BCUT2D eigenvalue weighted by Crippen LogP contribution is -2.32. The number of hydrogen-bond acceptors (Lipinski definition) is 4. The molecule has 0 aliphatic heterocycles. The number of ether oxygens (including phenoxy) is 1. The molecule has 0 saturated heterocycles. The first kappa shape index (κ1) is 15.8. The number of hydrogen-bond donors (Lipinski definition) is 2. The molecule has 1 aromatic heterocycles. The summed E-state index contributed by atoms with van der Waals surface area (Å²) in [6.07, 6.45) is 0.982. The Morgan fingerprint density at radius 3 is 2.85 bits per heavy atom. The van der Waals surface area contributed by atoms with Crippen molar-refractivity contribution in [1.82, 2.24) is 10.3 Å². The third-order valence-electron chi connectivity index (χ3n) is 2.01. The van der Waals surface area contributed by atoms with E-state index in [1.807, 2.05) is 0 Å². The van der Waals surface area contributed by atoms with Gasteiger partial charge < -0.3 is 15.8 Å². The van der Waals surface area contributed by atoms with Crippen LogP contribution >= 0.6 is 0 Å². The number of alkyl carbamates (subject to hydrolysis) is 1. The third-order valence-corrected chi connectivity index (χ3v) is 2.01. The van der Waals surface area contributed by atoms with Gasteiger partial charge in [0.15, 0.2) is 0 Å². The Bertz CT molecular complexity index is 542. The summed E-state index contributed by atoms with van der Waals surface area (Å²) in [5.74, 6) is 5.01. The molecule has 0 aromatic carbocycles. The van der Waals surface area contributed by atoms with Crippen molar-refractivity contribution in [3.63, 3.8) is 0 Å². The lowest BCUT2D eigenvalue weighted by atomic mass is 10.2. The number of nitrogens with two attached hydrogens (primary N) is 1. The first-order valence-corrected chi connectivity index (χ1v) is 6.14. The Hall–Kier alpha value is -2.29. The van der Waals surface area contributed by atoms with Crippen LogP contribution in [0.4, 0.5) is 14.9 Å². The molecule has 0 unspecified atom stereocenters. The van der Waals surface area contributed by atoms with Crippen molar-refractivity contribution in [3.05, 3.63) is 23.8 Å². The minimum atomic E-state index is -0.526. The zero-order chi connectivity index (χ0) is 15.2. The zero-order valence-electron chi connectivity index (χ0n) is 11.8. The summed E-state index contributed by atoms with van der Waals surface area (Å²) in [5, 5.41) is 2.57. The predicted molar refractivity (Wildman–Crippen MR) is 74.3 cm³/mol. The van der Waals surface area contributed by atoms with Crippen LogP contribution in [-0.2, 0) is 4.74 Å². The van der Waals surface area contributed by atoms with Crippen molar-refractivity contribution in [3.8, 4) is 11.8 Å². The molecular formula is C14H18FN3O2. The Kier molecular flexibility index (Phi) is 5.32. The van der Waals surface area contributed by atoms with Crippen molar-refractivity contribution < 1.29 is 13.9 Å². The van der Waals surface area contributed by atoms with Crippen molar-refractivity contribution >= 4 is 11.8 Å². The van der Waals surface area contributed by atoms with Crippen LogP contribution in [0.1, 0.15) is 32.9 Å². The van der Waals surface area contributed by atoms with Crippen LogP contribution in [0.2, 0.25) is 0 Å². The van der Waals surface area contributed by atoms with E-state index in [1.54, 1.807) is 20.8 Å². The molecule has 6 heteroatoms. The first-order chi connectivity index (χ1) is 9.28. The van der Waals surface area contributed by atoms with Gasteiger partial charge in [0, 0.05) is 19.0 Å². The van der Waals surface area contributed by atoms with E-state index in [0.29, 0.717) is 18.7 Å². The van der Waals surface area contributed by atoms with E-state index in [1.165, 1.54) is 0 Å². The number of pyridine rings is 1. The molecule has 20 heavy (non-hydrogen) atoms. The van der Waals surface area contributed by atoms with Crippen LogP contribution in [0, 0.1) is 17.7 Å². The Labute approximate surface area is 117 Å². The molecule has 0 atom stereocenters. The maximum Gasteiger partial charge on any atom is 0.407 e. The second-order valence-corrected chi connectivity index (χ2v) is 5.07. The number of carbonyl (C=O) groups excluding carboxylic acids is 1. The van der Waals surface area contributed by atoms with E-state index < -0.39 is 17.5 Å². The average molecular weight is 279 g/mol. The van der Waals surface area contributed by atoms with Gasteiger partial charge in [-0.2, -0.15) is 0 Å². The number of aromatic nitrogens is 1. The van der Waals surface area contributed by atoms with E-state index >= 15 is 0 Å². The number of amides is 1. The van der Waals surface area contributed by atoms with Gasteiger partial charge in [-0.05, 0) is 26.7 Å². The largest absolute Gasteiger partial charge is 0.444 e. The van der Waals surface area contributed by atoms with Gasteiger partial charge in [-0.3, -0.25) is 0 Å². The summed E-state index contributed by atoms with van der Waals surface area (Å²) in [7, 11) is 0. The fourth-order valence-electron chi connectivity index (χ4n) is 1.25. The SMILES string of the molecule is CC(C)(C)OC(=O)NCCC#Cc1ncc(F)cc1N. The standard InChI is InChI=1S/C14H18FN3O2/c1-14(2,3)20-13(19)17-7-5-4-6-12-11(16)8-10(15)9-18-12/h8-9H,5,7,16H2,1-3H3,(H,17,19). The van der Waals surface area contributed by atoms with Gasteiger partial charge in [-0.1, -0.05) is 5.92 Å². The minimum Gasteiger partial charge on any atom is -0.444 e. The molecule has 0 spiro atoms. The number of rotatable bonds is 2. The van der Waals surface area contributed by atoms with Crippen molar-refractivity contribution in [1.29, 1.82) is 0 Å². The van der Waals surface area contributed by atoms with Gasteiger partial charge in [0.2, 0.25) is 0 Å². The second-order valence-electron chi connectivity index (χ2n) is 5.07. The van der Waals surface area contributed by atoms with E-state index in [4.69, 9.17) is 10.5 Å². The summed E-state index contributed by atoms with van der Waals surface area (Å²) in [5.41, 5.74) is 5.55. The number of anilines is 1. The molecule has 0 radical (unpaired) electrons. The topological polar surface area (TPSA) is 77.2 Å². The van der Waals surface area contributed by atoms with Gasteiger partial charge in [-0.15, -0.1) is 0 Å². The van der Waals surface area contributed by atoms with Crippen molar-refractivity contribution in [2.75, 3.05) is 12.3 Å². The van der Waals surface area contributed by atoms with E-state index in [9.17, 15) is 9.18 Å². The van der Waals surface area contributed by atoms with Crippen LogP contribution in [-0.4, -0.2) is 23.2 Å². The molecule has 1 heterocycles. The van der Waals surface area contributed by atoms with Crippen LogP contribution < -0.4 is 11.1 Å². The van der Waals surface area contributed by atoms with E-state index in [0.717, 1.165) is 12.3 Å². The Balaban J connectivity index is 2.38. The molecule has 5 nitrogen and oxygen atoms in total.